The van der Waals surface area contributed by atoms with Gasteiger partial charge in [0.2, 0.25) is 0 Å². The predicted octanol–water partition coefficient (Wildman–Crippen LogP) is 2.72. The molecule has 0 atom stereocenters. The molecule has 1 aromatic carbocycles. The maximum absolute atomic E-state index is 12.3. The number of imidazole rings is 1. The smallest absolute Gasteiger partial charge is 0.252 e. The number of pyridine rings is 1. The van der Waals surface area contributed by atoms with E-state index in [2.05, 4.69) is 26.3 Å². The van der Waals surface area contributed by atoms with Crippen LogP contribution in [0.5, 0.6) is 0 Å². The van der Waals surface area contributed by atoms with Crippen molar-refractivity contribution in [1.82, 2.24) is 24.8 Å². The van der Waals surface area contributed by atoms with E-state index in [-0.39, 0.29) is 5.91 Å². The van der Waals surface area contributed by atoms with E-state index in [1.54, 1.807) is 35.4 Å². The van der Waals surface area contributed by atoms with E-state index in [1.807, 2.05) is 30.6 Å². The minimum Gasteiger partial charge on any atom is -0.361 e. The van der Waals surface area contributed by atoms with Gasteiger partial charge in [-0.3, -0.25) is 9.36 Å². The Balaban J connectivity index is 1.37. The van der Waals surface area contributed by atoms with Crippen molar-refractivity contribution in [3.8, 4) is 5.82 Å². The van der Waals surface area contributed by atoms with Gasteiger partial charge in [0.05, 0.1) is 5.56 Å². The summed E-state index contributed by atoms with van der Waals surface area (Å²) in [7, 11) is 0. The fourth-order valence-corrected chi connectivity index (χ4v) is 2.82. The number of carbonyl (C=O) groups is 1. The fourth-order valence-electron chi connectivity index (χ4n) is 2.82. The molecule has 0 unspecified atom stereocenters. The van der Waals surface area contributed by atoms with Gasteiger partial charge in [-0.25, -0.2) is 9.97 Å². The zero-order valence-corrected chi connectivity index (χ0v) is 13.5. The van der Waals surface area contributed by atoms with Gasteiger partial charge in [0, 0.05) is 42.2 Å². The van der Waals surface area contributed by atoms with Crippen molar-refractivity contribution in [1.29, 1.82) is 0 Å². The molecular weight excluding hydrogens is 314 g/mol. The molecule has 4 aromatic rings. The second-order valence-electron chi connectivity index (χ2n) is 5.74. The lowest BCUT2D eigenvalue weighted by molar-refractivity contribution is 0.0954. The van der Waals surface area contributed by atoms with Gasteiger partial charge >= 0.3 is 0 Å². The van der Waals surface area contributed by atoms with Crippen LogP contribution in [0.15, 0.2) is 67.5 Å². The van der Waals surface area contributed by atoms with Gasteiger partial charge < -0.3 is 10.3 Å². The largest absolute Gasteiger partial charge is 0.361 e. The maximum Gasteiger partial charge on any atom is 0.252 e. The van der Waals surface area contributed by atoms with E-state index >= 15 is 0 Å². The molecule has 0 saturated carbocycles. The van der Waals surface area contributed by atoms with Crippen LogP contribution in [0.3, 0.4) is 0 Å². The molecule has 0 bridgehead atoms. The normalized spacial score (nSPS) is 10.9. The number of aromatic amines is 1. The average molecular weight is 331 g/mol. The number of para-hydroxylation sites is 1. The highest BCUT2D eigenvalue weighted by atomic mass is 16.1. The zero-order valence-electron chi connectivity index (χ0n) is 13.5. The molecule has 6 nitrogen and oxygen atoms in total. The maximum atomic E-state index is 12.3. The van der Waals surface area contributed by atoms with Gasteiger partial charge in [-0.15, -0.1) is 0 Å². The van der Waals surface area contributed by atoms with Gasteiger partial charge in [-0.2, -0.15) is 0 Å². The van der Waals surface area contributed by atoms with Crippen LogP contribution in [0.4, 0.5) is 0 Å². The molecule has 6 heteroatoms. The van der Waals surface area contributed by atoms with Crippen molar-refractivity contribution in [2.45, 2.75) is 6.42 Å². The Kier molecular flexibility index (Phi) is 4.00. The Morgan fingerprint density at radius 3 is 2.92 bits per heavy atom. The molecule has 0 aliphatic carbocycles. The number of carbonyl (C=O) groups excluding carboxylic acids is 1. The van der Waals surface area contributed by atoms with Crippen molar-refractivity contribution in [2.75, 3.05) is 6.54 Å². The highest BCUT2D eigenvalue weighted by Crippen LogP contribution is 2.17. The Labute approximate surface area is 144 Å². The number of hydrogen-bond donors (Lipinski definition) is 2. The minimum absolute atomic E-state index is 0.121. The van der Waals surface area contributed by atoms with Gasteiger partial charge in [0.15, 0.2) is 0 Å². The fraction of sp³-hybridized carbons (Fsp3) is 0.105. The summed E-state index contributed by atoms with van der Waals surface area (Å²) in [6.45, 7) is 0.573. The molecule has 0 aliphatic rings. The van der Waals surface area contributed by atoms with Crippen molar-refractivity contribution in [3.63, 3.8) is 0 Å². The number of nitrogens with zero attached hydrogens (tertiary/aromatic N) is 3. The van der Waals surface area contributed by atoms with Crippen LogP contribution in [-0.4, -0.2) is 32.0 Å². The lowest BCUT2D eigenvalue weighted by atomic mass is 10.1. The Morgan fingerprint density at radius 1 is 1.20 bits per heavy atom. The first kappa shape index (κ1) is 15.1. The molecule has 25 heavy (non-hydrogen) atoms. The summed E-state index contributed by atoms with van der Waals surface area (Å²) in [6.07, 6.45) is 9.52. The molecule has 1 amide bonds. The lowest BCUT2D eigenvalue weighted by Gasteiger charge is -2.06. The third-order valence-corrected chi connectivity index (χ3v) is 4.13. The van der Waals surface area contributed by atoms with Crippen LogP contribution in [0.2, 0.25) is 0 Å². The summed E-state index contributed by atoms with van der Waals surface area (Å²) in [5.74, 6) is 0.609. The molecular formula is C19H17N5O. The highest BCUT2D eigenvalue weighted by molar-refractivity contribution is 5.94. The first-order valence-corrected chi connectivity index (χ1v) is 8.09. The highest BCUT2D eigenvalue weighted by Gasteiger charge is 2.08. The Hall–Kier alpha value is -3.41. The first-order valence-electron chi connectivity index (χ1n) is 8.09. The summed E-state index contributed by atoms with van der Waals surface area (Å²) in [6, 6.07) is 11.7. The van der Waals surface area contributed by atoms with Gasteiger partial charge in [0.1, 0.15) is 12.1 Å². The summed E-state index contributed by atoms with van der Waals surface area (Å²) in [4.78, 5) is 23.8. The molecule has 2 N–H and O–H groups in total. The number of nitrogens with one attached hydrogen (secondary N) is 2. The molecule has 3 aromatic heterocycles. The zero-order chi connectivity index (χ0) is 17.1. The Bertz CT molecular complexity index is 986. The first-order chi connectivity index (χ1) is 12.3. The van der Waals surface area contributed by atoms with Gasteiger partial charge in [-0.1, -0.05) is 18.2 Å². The number of hydrogen-bond acceptors (Lipinski definition) is 3. The van der Waals surface area contributed by atoms with Gasteiger partial charge in [0.25, 0.3) is 5.91 Å². The predicted molar refractivity (Wildman–Crippen MR) is 95.7 cm³/mol. The number of fused-ring (bicyclic) bond motifs is 1. The van der Waals surface area contributed by atoms with Crippen molar-refractivity contribution >= 4 is 16.8 Å². The average Bonchev–Trinajstić information content (AvgIpc) is 3.32. The van der Waals surface area contributed by atoms with Crippen molar-refractivity contribution in [2.24, 2.45) is 0 Å². The summed E-state index contributed by atoms with van der Waals surface area (Å²) < 4.78 is 1.79. The number of aromatic nitrogens is 4. The van der Waals surface area contributed by atoms with E-state index in [4.69, 9.17) is 0 Å². The second-order valence-corrected chi connectivity index (χ2v) is 5.74. The molecule has 124 valence electrons. The molecule has 4 rings (SSSR count). The van der Waals surface area contributed by atoms with E-state index in [0.717, 1.165) is 17.8 Å². The standard InChI is InChI=1S/C19H17N5O/c25-19(15-5-6-18(23-12-15)24-10-9-20-13-24)21-8-7-14-11-22-17-4-2-1-3-16(14)17/h1-6,9-13,22H,7-8H2,(H,21,25). The summed E-state index contributed by atoms with van der Waals surface area (Å²) in [5, 5.41) is 4.14. The second kappa shape index (κ2) is 6.60. The van der Waals surface area contributed by atoms with E-state index in [1.165, 1.54) is 10.9 Å². The lowest BCUT2D eigenvalue weighted by Crippen LogP contribution is -2.25. The number of amides is 1. The van der Waals surface area contributed by atoms with Crippen molar-refractivity contribution in [3.05, 3.63) is 78.6 Å². The minimum atomic E-state index is -0.121. The van der Waals surface area contributed by atoms with Crippen molar-refractivity contribution < 1.29 is 4.79 Å². The molecule has 3 heterocycles. The van der Waals surface area contributed by atoms with E-state index in [9.17, 15) is 4.79 Å². The monoisotopic (exact) mass is 331 g/mol. The number of H-pyrrole nitrogens is 1. The van der Waals surface area contributed by atoms with Crippen LogP contribution >= 0.6 is 0 Å². The molecule has 0 fully saturated rings. The Morgan fingerprint density at radius 2 is 2.12 bits per heavy atom. The van der Waals surface area contributed by atoms with Crippen LogP contribution in [0.25, 0.3) is 16.7 Å². The molecule has 0 radical (unpaired) electrons. The summed E-state index contributed by atoms with van der Waals surface area (Å²) >= 11 is 0. The number of benzene rings is 1. The molecule has 0 saturated heterocycles. The summed E-state index contributed by atoms with van der Waals surface area (Å²) in [5.41, 5.74) is 2.86. The molecule has 0 aliphatic heterocycles. The van der Waals surface area contributed by atoms with Crippen LogP contribution in [0.1, 0.15) is 15.9 Å². The molecule has 0 spiro atoms. The van der Waals surface area contributed by atoms with Crippen LogP contribution in [-0.2, 0) is 6.42 Å². The van der Waals surface area contributed by atoms with Crippen LogP contribution < -0.4 is 5.32 Å². The van der Waals surface area contributed by atoms with E-state index < -0.39 is 0 Å². The SMILES string of the molecule is O=C(NCCc1c[nH]c2ccccc12)c1ccc(-n2ccnc2)nc1. The number of rotatable bonds is 5. The van der Waals surface area contributed by atoms with E-state index in [0.29, 0.717) is 12.1 Å². The van der Waals surface area contributed by atoms with Gasteiger partial charge in [-0.05, 0) is 30.2 Å². The topological polar surface area (TPSA) is 75.6 Å². The van der Waals surface area contributed by atoms with Crippen LogP contribution in [0, 0.1) is 0 Å². The third kappa shape index (κ3) is 3.14. The third-order valence-electron chi connectivity index (χ3n) is 4.13. The quantitative estimate of drug-likeness (QED) is 0.590.